The van der Waals surface area contributed by atoms with Crippen LogP contribution in [0.2, 0.25) is 10.0 Å². The summed E-state index contributed by atoms with van der Waals surface area (Å²) in [4.78, 5) is 2.33. The van der Waals surface area contributed by atoms with Gasteiger partial charge in [-0.05, 0) is 35.8 Å². The molecular formula is C16H14Cl2N4S. The topological polar surface area (TPSA) is 25.5 Å². The van der Waals surface area contributed by atoms with Crippen LogP contribution in [0.4, 0.5) is 0 Å². The van der Waals surface area contributed by atoms with E-state index in [1.54, 1.807) is 21.3 Å². The van der Waals surface area contributed by atoms with Gasteiger partial charge >= 0.3 is 0 Å². The predicted octanol–water partition coefficient (Wildman–Crippen LogP) is 4.19. The minimum absolute atomic E-state index is 0.506. The Kier molecular flexibility index (Phi) is 3.89. The summed E-state index contributed by atoms with van der Waals surface area (Å²) in [6, 6.07) is 10.2. The second kappa shape index (κ2) is 5.91. The molecule has 1 aliphatic rings. The van der Waals surface area contributed by atoms with Gasteiger partial charge in [-0.1, -0.05) is 47.5 Å². The molecule has 7 heteroatoms. The molecule has 118 valence electrons. The lowest BCUT2D eigenvalue weighted by molar-refractivity contribution is 0.188. The minimum Gasteiger partial charge on any atom is -0.280 e. The van der Waals surface area contributed by atoms with E-state index < -0.39 is 0 Å². The third kappa shape index (κ3) is 2.78. The normalized spacial score (nSPS) is 15.0. The largest absolute Gasteiger partial charge is 0.280 e. The van der Waals surface area contributed by atoms with Gasteiger partial charge in [0.2, 0.25) is 4.77 Å². The molecular weight excluding hydrogens is 351 g/mol. The molecule has 0 bridgehead atoms. The summed E-state index contributed by atoms with van der Waals surface area (Å²) >= 11 is 17.8. The number of fused-ring (bicyclic) bond motifs is 2. The van der Waals surface area contributed by atoms with Crippen LogP contribution in [0.3, 0.4) is 0 Å². The number of hydrogen-bond donors (Lipinski definition) is 0. The summed E-state index contributed by atoms with van der Waals surface area (Å²) in [6.07, 6.45) is 2.80. The van der Waals surface area contributed by atoms with Crippen molar-refractivity contribution in [1.82, 2.24) is 19.1 Å². The summed E-state index contributed by atoms with van der Waals surface area (Å²) < 4.78 is 4.17. The zero-order chi connectivity index (χ0) is 16.0. The van der Waals surface area contributed by atoms with Crippen molar-refractivity contribution in [1.29, 1.82) is 0 Å². The third-order valence-corrected chi connectivity index (χ3v) is 5.04. The van der Waals surface area contributed by atoms with Crippen molar-refractivity contribution in [3.8, 4) is 0 Å². The van der Waals surface area contributed by atoms with E-state index in [0.29, 0.717) is 27.1 Å². The number of nitrogens with zero attached hydrogens (tertiary/aromatic N) is 4. The molecule has 1 aromatic carbocycles. The van der Waals surface area contributed by atoms with Crippen molar-refractivity contribution in [3.05, 3.63) is 62.5 Å². The van der Waals surface area contributed by atoms with Gasteiger partial charge in [0.05, 0.1) is 16.7 Å². The maximum absolute atomic E-state index is 6.22. The van der Waals surface area contributed by atoms with Crippen LogP contribution in [-0.4, -0.2) is 25.6 Å². The van der Waals surface area contributed by atoms with E-state index in [2.05, 4.69) is 34.3 Å². The Morgan fingerprint density at radius 2 is 1.96 bits per heavy atom. The van der Waals surface area contributed by atoms with Gasteiger partial charge in [0, 0.05) is 19.3 Å². The first-order chi connectivity index (χ1) is 11.1. The molecule has 0 atom stereocenters. The highest BCUT2D eigenvalue weighted by atomic mass is 35.5. The molecule has 4 rings (SSSR count). The lowest BCUT2D eigenvalue weighted by atomic mass is 10.0. The Bertz CT molecular complexity index is 947. The second-order valence-electron chi connectivity index (χ2n) is 5.69. The molecule has 3 heterocycles. The van der Waals surface area contributed by atoms with Gasteiger partial charge in [0.15, 0.2) is 5.65 Å². The molecule has 1 aliphatic heterocycles. The third-order valence-electron chi connectivity index (χ3n) is 4.14. The first-order valence-electron chi connectivity index (χ1n) is 7.35. The Morgan fingerprint density at radius 1 is 1.17 bits per heavy atom. The number of pyridine rings is 1. The van der Waals surface area contributed by atoms with Crippen LogP contribution < -0.4 is 0 Å². The highest BCUT2D eigenvalue weighted by Gasteiger charge is 2.17. The van der Waals surface area contributed by atoms with Crippen LogP contribution in [0.15, 0.2) is 36.5 Å². The Balaban J connectivity index is 1.65. The smallest absolute Gasteiger partial charge is 0.203 e. The molecule has 0 amide bonds. The number of halogens is 2. The average molecular weight is 365 g/mol. The van der Waals surface area contributed by atoms with Crippen molar-refractivity contribution < 1.29 is 0 Å². The van der Waals surface area contributed by atoms with Gasteiger partial charge in [-0.2, -0.15) is 0 Å². The molecule has 0 saturated heterocycles. The highest BCUT2D eigenvalue weighted by molar-refractivity contribution is 7.71. The predicted molar refractivity (Wildman–Crippen MR) is 94.6 cm³/mol. The minimum atomic E-state index is 0.506. The van der Waals surface area contributed by atoms with Gasteiger partial charge in [-0.15, -0.1) is 5.10 Å². The molecule has 0 unspecified atom stereocenters. The van der Waals surface area contributed by atoms with Crippen LogP contribution >= 0.6 is 35.4 Å². The summed E-state index contributed by atoms with van der Waals surface area (Å²) in [5, 5.41) is 5.60. The first kappa shape index (κ1) is 15.1. The molecule has 2 aromatic heterocycles. The van der Waals surface area contributed by atoms with Gasteiger partial charge in [-0.25, -0.2) is 4.68 Å². The van der Waals surface area contributed by atoms with Crippen molar-refractivity contribution in [2.45, 2.75) is 19.6 Å². The fourth-order valence-corrected chi connectivity index (χ4v) is 3.75. The molecule has 0 saturated carbocycles. The Morgan fingerprint density at radius 3 is 2.78 bits per heavy atom. The first-order valence-corrected chi connectivity index (χ1v) is 8.51. The lowest BCUT2D eigenvalue weighted by Gasteiger charge is -2.28. The maximum atomic E-state index is 6.22. The zero-order valence-electron chi connectivity index (χ0n) is 12.2. The molecule has 0 spiro atoms. The van der Waals surface area contributed by atoms with Crippen LogP contribution in [0.1, 0.15) is 11.1 Å². The average Bonchev–Trinajstić information content (AvgIpc) is 2.84. The van der Waals surface area contributed by atoms with Crippen LogP contribution in [0.5, 0.6) is 0 Å². The molecule has 0 radical (unpaired) electrons. The van der Waals surface area contributed by atoms with E-state index in [0.717, 1.165) is 19.5 Å². The quantitative estimate of drug-likeness (QED) is 0.637. The number of aromatic nitrogens is 3. The standard InChI is InChI=1S/C16H14Cl2N4S/c17-13-7-14(18)15-19-22(16(23)21(15)9-13)10-20-6-5-11-3-1-2-4-12(11)8-20/h1-4,7,9H,5-6,8,10H2. The molecule has 0 aliphatic carbocycles. The number of hydrogen-bond acceptors (Lipinski definition) is 3. The van der Waals surface area contributed by atoms with E-state index in [4.69, 9.17) is 35.4 Å². The summed E-state index contributed by atoms with van der Waals surface area (Å²) in [7, 11) is 0. The maximum Gasteiger partial charge on any atom is 0.203 e. The van der Waals surface area contributed by atoms with Crippen LogP contribution in [-0.2, 0) is 19.6 Å². The molecule has 4 nitrogen and oxygen atoms in total. The van der Waals surface area contributed by atoms with Gasteiger partial charge in [-0.3, -0.25) is 9.30 Å². The number of benzene rings is 1. The lowest BCUT2D eigenvalue weighted by Crippen LogP contribution is -2.32. The molecule has 23 heavy (non-hydrogen) atoms. The van der Waals surface area contributed by atoms with E-state index in [1.165, 1.54) is 11.1 Å². The fraction of sp³-hybridized carbons (Fsp3) is 0.250. The van der Waals surface area contributed by atoms with Crippen LogP contribution in [0.25, 0.3) is 5.65 Å². The van der Waals surface area contributed by atoms with E-state index in [9.17, 15) is 0 Å². The highest BCUT2D eigenvalue weighted by Crippen LogP contribution is 2.22. The van der Waals surface area contributed by atoms with E-state index in [1.807, 2.05) is 0 Å². The van der Waals surface area contributed by atoms with Crippen molar-refractivity contribution in [2.24, 2.45) is 0 Å². The Hall–Kier alpha value is -1.40. The molecule has 0 fully saturated rings. The summed E-state index contributed by atoms with van der Waals surface area (Å²) in [5.74, 6) is 0. The van der Waals surface area contributed by atoms with Crippen molar-refractivity contribution in [3.63, 3.8) is 0 Å². The van der Waals surface area contributed by atoms with E-state index in [-0.39, 0.29) is 0 Å². The second-order valence-corrected chi connectivity index (χ2v) is 6.90. The van der Waals surface area contributed by atoms with Gasteiger partial charge in [0.25, 0.3) is 0 Å². The Labute approximate surface area is 148 Å². The number of rotatable bonds is 2. The SMILES string of the molecule is S=c1n(CN2CCc3ccccc3C2)nc2c(Cl)cc(Cl)cn12. The molecule has 3 aromatic rings. The molecule has 0 N–H and O–H groups in total. The fourth-order valence-electron chi connectivity index (χ4n) is 3.00. The van der Waals surface area contributed by atoms with Crippen molar-refractivity contribution >= 4 is 41.1 Å². The van der Waals surface area contributed by atoms with Crippen molar-refractivity contribution in [2.75, 3.05) is 6.54 Å². The monoisotopic (exact) mass is 364 g/mol. The van der Waals surface area contributed by atoms with Crippen LogP contribution in [0, 0.1) is 4.77 Å². The summed E-state index contributed by atoms with van der Waals surface area (Å²) in [5.41, 5.74) is 3.44. The van der Waals surface area contributed by atoms with Gasteiger partial charge < -0.3 is 0 Å². The van der Waals surface area contributed by atoms with E-state index >= 15 is 0 Å². The summed E-state index contributed by atoms with van der Waals surface area (Å²) in [6.45, 7) is 2.53. The van der Waals surface area contributed by atoms with Gasteiger partial charge in [0.1, 0.15) is 0 Å². The zero-order valence-corrected chi connectivity index (χ0v) is 14.6.